The lowest BCUT2D eigenvalue weighted by atomic mass is 9.80. The van der Waals surface area contributed by atoms with Gasteiger partial charge in [-0.15, -0.1) is 0 Å². The van der Waals surface area contributed by atoms with Crippen LogP contribution in [0.4, 0.5) is 0 Å². The van der Waals surface area contributed by atoms with Gasteiger partial charge in [-0.1, -0.05) is 0 Å². The predicted molar refractivity (Wildman–Crippen MR) is 125 cm³/mol. The summed E-state index contributed by atoms with van der Waals surface area (Å²) < 4.78 is 12.4. The maximum atomic E-state index is 11.1. The number of aliphatic hydroxyl groups is 4. The normalized spacial score (nSPS) is 29.2. The van der Waals surface area contributed by atoms with Gasteiger partial charge in [0.1, 0.15) is 24.4 Å². The molecule has 0 aromatic heterocycles. The van der Waals surface area contributed by atoms with Crippen molar-refractivity contribution in [1.29, 1.82) is 0 Å². The number of hydrogen-bond acceptors (Lipinski definition) is 8. The largest absolute Gasteiger partial charge is 0.394 e. The van der Waals surface area contributed by atoms with E-state index in [0.29, 0.717) is 12.8 Å². The molecule has 2 heterocycles. The molecule has 2 aliphatic heterocycles. The first-order valence-corrected chi connectivity index (χ1v) is 12.0. The van der Waals surface area contributed by atoms with Crippen molar-refractivity contribution < 1.29 is 29.9 Å². The Morgan fingerprint density at radius 2 is 1.06 bits per heavy atom. The quantitative estimate of drug-likeness (QED) is 0.302. The van der Waals surface area contributed by atoms with Crippen LogP contribution in [0, 0.1) is 0 Å². The topological polar surface area (TPSA) is 123 Å². The van der Waals surface area contributed by atoms with E-state index in [2.05, 4.69) is 66.0 Å². The summed E-state index contributed by atoms with van der Waals surface area (Å²) in [4.78, 5) is 0. The average Bonchev–Trinajstić information content (AvgIpc) is 2.57. The van der Waals surface area contributed by atoms with Crippen LogP contribution in [0.5, 0.6) is 0 Å². The molecule has 190 valence electrons. The summed E-state index contributed by atoms with van der Waals surface area (Å²) in [6.45, 7) is 15.9. The molecule has 2 fully saturated rings. The van der Waals surface area contributed by atoms with Gasteiger partial charge in [-0.05, 0) is 81.1 Å². The van der Waals surface area contributed by atoms with Crippen molar-refractivity contribution in [1.82, 2.24) is 10.6 Å². The summed E-state index contributed by atoms with van der Waals surface area (Å²) >= 11 is 0. The zero-order valence-electron chi connectivity index (χ0n) is 21.3. The molecule has 2 saturated heterocycles. The van der Waals surface area contributed by atoms with E-state index in [-0.39, 0.29) is 34.4 Å². The smallest absolute Gasteiger partial charge is 0.114 e. The number of hydrogen-bond donors (Lipinski definition) is 6. The highest BCUT2D eigenvalue weighted by molar-refractivity contribution is 5.00. The number of nitrogens with one attached hydrogen (secondary N) is 2. The minimum Gasteiger partial charge on any atom is -0.394 e. The highest BCUT2D eigenvalue weighted by Crippen LogP contribution is 2.34. The Morgan fingerprint density at radius 1 is 0.688 bits per heavy atom. The average molecular weight is 461 g/mol. The van der Waals surface area contributed by atoms with Gasteiger partial charge in [0.2, 0.25) is 0 Å². The Balaban J connectivity index is 2.15. The van der Waals surface area contributed by atoms with Crippen molar-refractivity contribution in [3.05, 3.63) is 0 Å². The third kappa shape index (κ3) is 7.87. The molecule has 0 amide bonds. The third-order valence-corrected chi connectivity index (χ3v) is 6.49. The molecule has 0 unspecified atom stereocenters. The van der Waals surface area contributed by atoms with Crippen molar-refractivity contribution in [2.75, 3.05) is 13.2 Å². The highest BCUT2D eigenvalue weighted by atomic mass is 16.5. The van der Waals surface area contributed by atoms with Gasteiger partial charge < -0.3 is 40.5 Å². The fourth-order valence-corrected chi connectivity index (χ4v) is 6.06. The molecule has 6 N–H and O–H groups in total. The minimum absolute atomic E-state index is 0.149. The second kappa shape index (κ2) is 10.1. The van der Waals surface area contributed by atoms with E-state index in [1.807, 2.05) is 0 Å². The first-order chi connectivity index (χ1) is 14.5. The van der Waals surface area contributed by atoms with Gasteiger partial charge in [-0.2, -0.15) is 0 Å². The third-order valence-electron chi connectivity index (χ3n) is 6.49. The molecule has 0 aromatic rings. The van der Waals surface area contributed by atoms with Crippen LogP contribution in [0.3, 0.4) is 0 Å². The monoisotopic (exact) mass is 460 g/mol. The van der Waals surface area contributed by atoms with Crippen LogP contribution in [0.1, 0.15) is 81.1 Å². The molecule has 32 heavy (non-hydrogen) atoms. The van der Waals surface area contributed by atoms with E-state index in [4.69, 9.17) is 9.47 Å². The van der Waals surface area contributed by atoms with Crippen LogP contribution in [-0.4, -0.2) is 92.4 Å². The van der Waals surface area contributed by atoms with E-state index in [1.165, 1.54) is 0 Å². The second-order valence-electron chi connectivity index (χ2n) is 12.5. The lowest BCUT2D eigenvalue weighted by Crippen LogP contribution is -2.62. The van der Waals surface area contributed by atoms with Crippen molar-refractivity contribution in [3.8, 4) is 0 Å². The molecule has 0 aromatic carbocycles. The Morgan fingerprint density at radius 3 is 1.41 bits per heavy atom. The fraction of sp³-hybridized carbons (Fsp3) is 1.00. The van der Waals surface area contributed by atoms with Crippen LogP contribution < -0.4 is 10.6 Å². The van der Waals surface area contributed by atoms with Crippen LogP contribution in [0.2, 0.25) is 0 Å². The number of piperidine rings is 2. The van der Waals surface area contributed by atoms with Gasteiger partial charge in [-0.25, -0.2) is 0 Å². The van der Waals surface area contributed by atoms with Crippen LogP contribution in [0.25, 0.3) is 0 Å². The Kier molecular flexibility index (Phi) is 8.83. The van der Waals surface area contributed by atoms with E-state index in [0.717, 1.165) is 12.8 Å². The predicted octanol–water partition coefficient (Wildman–Crippen LogP) is 1.08. The minimum atomic E-state index is -1.29. The SMILES string of the molecule is CC1(C)CC(O[C@@H]([C@H](O)[C@H](CO)OC2CC(C)(C)NC(C)(C)C2)[C@H](O)CO)CC(C)(C)N1. The lowest BCUT2D eigenvalue weighted by molar-refractivity contribution is -0.201. The van der Waals surface area contributed by atoms with Crippen LogP contribution >= 0.6 is 0 Å². The van der Waals surface area contributed by atoms with Gasteiger partial charge in [0.05, 0.1) is 25.4 Å². The number of rotatable bonds is 9. The first kappa shape index (κ1) is 27.9. The van der Waals surface area contributed by atoms with E-state index >= 15 is 0 Å². The molecule has 0 aliphatic carbocycles. The van der Waals surface area contributed by atoms with Crippen molar-refractivity contribution in [3.63, 3.8) is 0 Å². The van der Waals surface area contributed by atoms with Gasteiger partial charge in [0.25, 0.3) is 0 Å². The summed E-state index contributed by atoms with van der Waals surface area (Å²) in [5.74, 6) is 0. The van der Waals surface area contributed by atoms with E-state index < -0.39 is 37.6 Å². The fourth-order valence-electron chi connectivity index (χ4n) is 6.06. The molecule has 0 saturated carbocycles. The Bertz CT molecular complexity index is 577. The Hall–Kier alpha value is -0.320. The van der Waals surface area contributed by atoms with Gasteiger partial charge in [0.15, 0.2) is 0 Å². The molecule has 0 bridgehead atoms. The summed E-state index contributed by atoms with van der Waals surface area (Å²) in [6, 6.07) is 0. The molecule has 2 rings (SSSR count). The summed E-state index contributed by atoms with van der Waals surface area (Å²) in [6.07, 6.45) is -2.13. The highest BCUT2D eigenvalue weighted by Gasteiger charge is 2.44. The Labute approximate surface area is 194 Å². The number of aliphatic hydroxyl groups excluding tert-OH is 4. The van der Waals surface area contributed by atoms with Gasteiger partial charge >= 0.3 is 0 Å². The zero-order chi connectivity index (χ0) is 24.5. The summed E-state index contributed by atoms with van der Waals surface area (Å²) in [7, 11) is 0. The molecule has 0 spiro atoms. The molecular weight excluding hydrogens is 412 g/mol. The first-order valence-electron chi connectivity index (χ1n) is 12.0. The molecular formula is C24H48N2O6. The van der Waals surface area contributed by atoms with E-state index in [9.17, 15) is 20.4 Å². The zero-order valence-corrected chi connectivity index (χ0v) is 21.3. The summed E-state index contributed by atoms with van der Waals surface area (Å²) in [5.41, 5.74) is -0.648. The van der Waals surface area contributed by atoms with Crippen LogP contribution in [0.15, 0.2) is 0 Å². The second-order valence-corrected chi connectivity index (χ2v) is 12.5. The molecule has 0 radical (unpaired) electrons. The van der Waals surface area contributed by atoms with Crippen molar-refractivity contribution in [2.24, 2.45) is 0 Å². The maximum absolute atomic E-state index is 11.1. The van der Waals surface area contributed by atoms with E-state index in [1.54, 1.807) is 0 Å². The number of ether oxygens (including phenoxy) is 2. The molecule has 8 heteroatoms. The van der Waals surface area contributed by atoms with Crippen LogP contribution in [-0.2, 0) is 9.47 Å². The van der Waals surface area contributed by atoms with Crippen molar-refractivity contribution >= 4 is 0 Å². The molecule has 2 aliphatic rings. The maximum Gasteiger partial charge on any atom is 0.114 e. The standard InChI is InChI=1S/C24H48N2O6/c1-21(2)9-15(10-22(3,4)25-21)31-18(14-28)19(30)20(17(29)13-27)32-16-11-23(5,6)26-24(7,8)12-16/h15-20,25-30H,9-14H2,1-8H3/t17-,18+,19-,20-/m1/s1. The molecule has 4 atom stereocenters. The van der Waals surface area contributed by atoms with Crippen molar-refractivity contribution in [2.45, 2.75) is 140 Å². The van der Waals surface area contributed by atoms with Gasteiger partial charge in [-0.3, -0.25) is 0 Å². The molecule has 8 nitrogen and oxygen atoms in total. The lowest BCUT2D eigenvalue weighted by Gasteiger charge is -2.48. The van der Waals surface area contributed by atoms with Gasteiger partial charge in [0, 0.05) is 22.2 Å². The summed E-state index contributed by atoms with van der Waals surface area (Å²) in [5, 5.41) is 48.5.